The van der Waals surface area contributed by atoms with Gasteiger partial charge in [-0.05, 0) is 31.9 Å². The molecule has 0 aromatic carbocycles. The van der Waals surface area contributed by atoms with Gasteiger partial charge in [0, 0.05) is 10.8 Å². The van der Waals surface area contributed by atoms with E-state index in [1.165, 1.54) is 0 Å². The van der Waals surface area contributed by atoms with Gasteiger partial charge in [0.15, 0.2) is 0 Å². The number of rotatable bonds is 1. The number of hydrogen-bond acceptors (Lipinski definition) is 0. The molecule has 46 valence electrons. The van der Waals surface area contributed by atoms with Crippen LogP contribution in [0.1, 0.15) is 27.2 Å². The Morgan fingerprint density at radius 1 is 1.50 bits per heavy atom. The van der Waals surface area contributed by atoms with Gasteiger partial charge in [-0.15, -0.1) is 0 Å². The fourth-order valence-electron chi connectivity index (χ4n) is 0.216. The van der Waals surface area contributed by atoms with Gasteiger partial charge in [0.1, 0.15) is 0 Å². The van der Waals surface area contributed by atoms with Crippen molar-refractivity contribution in [2.45, 2.75) is 27.2 Å². The summed E-state index contributed by atoms with van der Waals surface area (Å²) in [5, 5.41) is 2.38. The van der Waals surface area contributed by atoms with Crippen LogP contribution in [-0.2, 0) is 0 Å². The van der Waals surface area contributed by atoms with Crippen LogP contribution in [0.4, 0.5) is 0 Å². The maximum atomic E-state index is 5.20. The van der Waals surface area contributed by atoms with Gasteiger partial charge in [-0.3, -0.25) is 0 Å². The van der Waals surface area contributed by atoms with Crippen LogP contribution in [0.5, 0.6) is 0 Å². The highest BCUT2D eigenvalue weighted by Gasteiger charge is 2.08. The molecular weight excluding hydrogens is 120 g/mol. The quantitative estimate of drug-likeness (QED) is 0.479. The van der Waals surface area contributed by atoms with Gasteiger partial charge in [0.25, 0.3) is 0 Å². The lowest BCUT2D eigenvalue weighted by Gasteiger charge is -2.11. The molecule has 0 N–H and O–H groups in total. The smallest absolute Gasteiger partial charge is 0.0268 e. The van der Waals surface area contributed by atoms with Crippen molar-refractivity contribution >= 4 is 11.6 Å². The van der Waals surface area contributed by atoms with Crippen molar-refractivity contribution in [1.82, 2.24) is 0 Å². The van der Waals surface area contributed by atoms with Crippen LogP contribution in [0.15, 0.2) is 0 Å². The third kappa shape index (κ3) is 2.93. The van der Waals surface area contributed by atoms with Crippen LogP contribution in [0, 0.1) is 16.7 Å². The van der Waals surface area contributed by atoms with Gasteiger partial charge in [-0.25, -0.2) is 0 Å². The molecule has 0 aliphatic rings. The summed E-state index contributed by atoms with van der Waals surface area (Å²) in [6, 6.07) is 0. The van der Waals surface area contributed by atoms with Crippen molar-refractivity contribution in [3.05, 3.63) is 0 Å². The zero-order chi connectivity index (χ0) is 6.62. The highest BCUT2D eigenvalue weighted by Crippen LogP contribution is 2.17. The van der Waals surface area contributed by atoms with E-state index in [2.05, 4.69) is 32.1 Å². The Morgan fingerprint density at radius 2 is 2.00 bits per heavy atom. The lowest BCUT2D eigenvalue weighted by molar-refractivity contribution is 0.485. The Kier molecular flexibility index (Phi) is 2.94. The maximum Gasteiger partial charge on any atom is 0.0268 e. The molecule has 0 aromatic rings. The summed E-state index contributed by atoms with van der Waals surface area (Å²) >= 11 is 5.20. The molecule has 0 unspecified atom stereocenters. The lowest BCUT2D eigenvalue weighted by Crippen LogP contribution is -2.04. The average molecular weight is 131 g/mol. The first-order valence-corrected chi connectivity index (χ1v) is 3.13. The molecule has 0 aliphatic carbocycles. The summed E-state index contributed by atoms with van der Waals surface area (Å²) in [5.41, 5.74) is 0.0990. The molecule has 0 saturated carbocycles. The van der Waals surface area contributed by atoms with Crippen molar-refractivity contribution < 1.29 is 0 Å². The van der Waals surface area contributed by atoms with E-state index in [0.29, 0.717) is 0 Å². The minimum Gasteiger partial charge on any atom is -0.0796 e. The molecule has 0 bridgehead atoms. The summed E-state index contributed by atoms with van der Waals surface area (Å²) in [4.78, 5) is 0. The zero-order valence-electron chi connectivity index (χ0n) is 5.59. The summed E-state index contributed by atoms with van der Waals surface area (Å²) in [6.07, 6.45) is 1.05. The van der Waals surface area contributed by atoms with Crippen LogP contribution < -0.4 is 0 Å². The molecule has 8 heavy (non-hydrogen) atoms. The zero-order valence-corrected chi connectivity index (χ0v) is 6.34. The summed E-state index contributed by atoms with van der Waals surface area (Å²) in [7, 11) is 0. The van der Waals surface area contributed by atoms with Gasteiger partial charge in [0.2, 0.25) is 0 Å². The van der Waals surface area contributed by atoms with Gasteiger partial charge in [-0.1, -0.05) is 12.8 Å². The van der Waals surface area contributed by atoms with E-state index in [1.807, 2.05) is 0 Å². The minimum atomic E-state index is 0.0990. The Bertz CT molecular complexity index is 114. The Morgan fingerprint density at radius 3 is 2.12 bits per heavy atom. The molecule has 0 aliphatic heterocycles. The predicted molar refractivity (Wildman–Crippen MR) is 37.7 cm³/mol. The Balaban J connectivity index is 3.85. The van der Waals surface area contributed by atoms with Crippen molar-refractivity contribution in [1.29, 1.82) is 0 Å². The van der Waals surface area contributed by atoms with Gasteiger partial charge >= 0.3 is 0 Å². The van der Waals surface area contributed by atoms with Crippen LogP contribution in [-0.4, -0.2) is 0 Å². The molecule has 0 radical (unpaired) electrons. The van der Waals surface area contributed by atoms with E-state index in [-0.39, 0.29) is 5.41 Å². The second kappa shape index (κ2) is 2.99. The molecule has 0 heterocycles. The first kappa shape index (κ1) is 7.85. The van der Waals surface area contributed by atoms with Crippen LogP contribution in [0.25, 0.3) is 0 Å². The first-order chi connectivity index (χ1) is 3.62. The SMILES string of the molecule is CCC(C)(C)C#CCl. The number of hydrogen-bond donors (Lipinski definition) is 0. The standard InChI is InChI=1S/C7H11Cl/c1-4-7(2,3)5-6-8/h4H2,1-3H3. The van der Waals surface area contributed by atoms with Crippen LogP contribution in [0.2, 0.25) is 0 Å². The molecule has 0 saturated heterocycles. The summed E-state index contributed by atoms with van der Waals surface area (Å²) in [5.74, 6) is 2.89. The van der Waals surface area contributed by atoms with E-state index < -0.39 is 0 Å². The largest absolute Gasteiger partial charge is 0.0796 e. The highest BCUT2D eigenvalue weighted by molar-refractivity contribution is 6.30. The average Bonchev–Trinajstić information content (AvgIpc) is 1.67. The highest BCUT2D eigenvalue weighted by atomic mass is 35.5. The normalized spacial score (nSPS) is 10.0. The summed E-state index contributed by atoms with van der Waals surface area (Å²) < 4.78 is 0. The van der Waals surface area contributed by atoms with Crippen LogP contribution in [0.3, 0.4) is 0 Å². The fourth-order valence-corrected chi connectivity index (χ4v) is 0.472. The van der Waals surface area contributed by atoms with Crippen molar-refractivity contribution in [2.75, 3.05) is 0 Å². The molecule has 0 spiro atoms. The van der Waals surface area contributed by atoms with E-state index in [0.717, 1.165) is 6.42 Å². The Labute approximate surface area is 56.2 Å². The molecule has 0 amide bonds. The second-order valence-corrected chi connectivity index (χ2v) is 2.65. The van der Waals surface area contributed by atoms with Crippen molar-refractivity contribution in [2.24, 2.45) is 5.41 Å². The van der Waals surface area contributed by atoms with E-state index in [4.69, 9.17) is 11.6 Å². The molecule has 0 aromatic heterocycles. The van der Waals surface area contributed by atoms with Crippen molar-refractivity contribution in [3.63, 3.8) is 0 Å². The van der Waals surface area contributed by atoms with E-state index in [9.17, 15) is 0 Å². The molecule has 0 nitrogen and oxygen atoms in total. The third-order valence-corrected chi connectivity index (χ3v) is 1.36. The first-order valence-electron chi connectivity index (χ1n) is 2.75. The second-order valence-electron chi connectivity index (χ2n) is 2.46. The third-order valence-electron chi connectivity index (χ3n) is 1.27. The molecule has 0 rings (SSSR count). The lowest BCUT2D eigenvalue weighted by atomic mass is 9.92. The molecule has 0 atom stereocenters. The molecular formula is C7H11Cl. The predicted octanol–water partition coefficient (Wildman–Crippen LogP) is 2.62. The van der Waals surface area contributed by atoms with E-state index in [1.54, 1.807) is 0 Å². The Hall–Kier alpha value is -0.150. The molecule has 1 heteroatoms. The van der Waals surface area contributed by atoms with Crippen LogP contribution >= 0.6 is 11.6 Å². The van der Waals surface area contributed by atoms with E-state index >= 15 is 0 Å². The number of halogens is 1. The van der Waals surface area contributed by atoms with Crippen molar-refractivity contribution in [3.8, 4) is 11.3 Å². The maximum absolute atomic E-state index is 5.20. The summed E-state index contributed by atoms with van der Waals surface area (Å²) in [6.45, 7) is 6.24. The minimum absolute atomic E-state index is 0.0990. The van der Waals surface area contributed by atoms with Gasteiger partial charge in [0.05, 0.1) is 0 Å². The fraction of sp³-hybridized carbons (Fsp3) is 0.714. The topological polar surface area (TPSA) is 0 Å². The van der Waals surface area contributed by atoms with Gasteiger partial charge < -0.3 is 0 Å². The monoisotopic (exact) mass is 130 g/mol. The van der Waals surface area contributed by atoms with Gasteiger partial charge in [-0.2, -0.15) is 0 Å². The molecule has 0 fully saturated rings.